The van der Waals surface area contributed by atoms with Crippen LogP contribution in [0.5, 0.6) is 0 Å². The fraction of sp³-hybridized carbons (Fsp3) is 0.632. The van der Waals surface area contributed by atoms with Gasteiger partial charge in [0.05, 0.1) is 15.2 Å². The summed E-state index contributed by atoms with van der Waals surface area (Å²) < 4.78 is 1.29. The Morgan fingerprint density at radius 1 is 1.18 bits per heavy atom. The van der Waals surface area contributed by atoms with Gasteiger partial charge in [0.2, 0.25) is 0 Å². The summed E-state index contributed by atoms with van der Waals surface area (Å²) in [5.74, 6) is 2.01. The van der Waals surface area contributed by atoms with Gasteiger partial charge in [0.15, 0.2) is 0 Å². The van der Waals surface area contributed by atoms with E-state index in [2.05, 4.69) is 45.0 Å². The first kappa shape index (κ1) is 15.9. The number of aromatic nitrogens is 1. The molecule has 0 aliphatic heterocycles. The average Bonchev–Trinajstić information content (AvgIpc) is 2.91. The van der Waals surface area contributed by atoms with E-state index in [1.165, 1.54) is 35.4 Å². The number of nitrogens with two attached hydrogens (primary N) is 1. The maximum atomic E-state index is 6.14. The number of benzene rings is 1. The molecule has 1 aliphatic carbocycles. The SMILES string of the molecule is CC(C)(C)C1CCC(C(CN)c2nc3ccccc3s2)CC1. The van der Waals surface area contributed by atoms with Crippen LogP contribution in [0.25, 0.3) is 10.2 Å². The highest BCUT2D eigenvalue weighted by Gasteiger charge is 2.33. The van der Waals surface area contributed by atoms with Gasteiger partial charge in [-0.2, -0.15) is 0 Å². The highest BCUT2D eigenvalue weighted by atomic mass is 32.1. The third-order valence-electron chi connectivity index (χ3n) is 5.45. The Hall–Kier alpha value is -0.930. The number of hydrogen-bond donors (Lipinski definition) is 1. The van der Waals surface area contributed by atoms with Crippen LogP contribution in [-0.2, 0) is 0 Å². The van der Waals surface area contributed by atoms with Gasteiger partial charge in [-0.25, -0.2) is 4.98 Å². The molecule has 0 amide bonds. The zero-order valence-electron chi connectivity index (χ0n) is 14.0. The molecule has 0 spiro atoms. The molecule has 1 aliphatic rings. The summed E-state index contributed by atoms with van der Waals surface area (Å²) in [4.78, 5) is 4.87. The van der Waals surface area contributed by atoms with Crippen molar-refractivity contribution in [1.29, 1.82) is 0 Å². The zero-order chi connectivity index (χ0) is 15.7. The van der Waals surface area contributed by atoms with Gasteiger partial charge in [-0.1, -0.05) is 32.9 Å². The van der Waals surface area contributed by atoms with Crippen LogP contribution in [0, 0.1) is 17.3 Å². The second-order valence-electron chi connectivity index (χ2n) is 7.84. The molecule has 1 aromatic heterocycles. The zero-order valence-corrected chi connectivity index (χ0v) is 14.8. The summed E-state index contributed by atoms with van der Waals surface area (Å²) in [6.45, 7) is 7.87. The molecule has 0 radical (unpaired) electrons. The normalized spacial score (nSPS) is 24.5. The van der Waals surface area contributed by atoms with Gasteiger partial charge in [-0.3, -0.25) is 0 Å². The molecule has 1 saturated carbocycles. The summed E-state index contributed by atoms with van der Waals surface area (Å²) in [7, 11) is 0. The molecule has 1 unspecified atom stereocenters. The van der Waals surface area contributed by atoms with Gasteiger partial charge in [0.1, 0.15) is 0 Å². The second-order valence-corrected chi connectivity index (χ2v) is 8.90. The molecule has 1 fully saturated rings. The summed E-state index contributed by atoms with van der Waals surface area (Å²) in [5, 5.41) is 1.25. The summed E-state index contributed by atoms with van der Waals surface area (Å²) >= 11 is 1.84. The van der Waals surface area contributed by atoms with Crippen molar-refractivity contribution in [2.75, 3.05) is 6.54 Å². The van der Waals surface area contributed by atoms with E-state index in [4.69, 9.17) is 10.7 Å². The van der Waals surface area contributed by atoms with Crippen LogP contribution in [0.15, 0.2) is 24.3 Å². The molecule has 0 saturated heterocycles. The number of para-hydroxylation sites is 1. The molecule has 3 heteroatoms. The van der Waals surface area contributed by atoms with Crippen LogP contribution in [-0.4, -0.2) is 11.5 Å². The van der Waals surface area contributed by atoms with Crippen molar-refractivity contribution < 1.29 is 0 Å². The molecular formula is C19H28N2S. The molecule has 1 atom stereocenters. The van der Waals surface area contributed by atoms with Gasteiger partial charge < -0.3 is 5.73 Å². The predicted octanol–water partition coefficient (Wildman–Crippen LogP) is 5.19. The lowest BCUT2D eigenvalue weighted by Crippen LogP contribution is -2.30. The van der Waals surface area contributed by atoms with Crippen molar-refractivity contribution in [3.8, 4) is 0 Å². The van der Waals surface area contributed by atoms with Gasteiger partial charge in [-0.15, -0.1) is 11.3 Å². The highest BCUT2D eigenvalue weighted by Crippen LogP contribution is 2.44. The summed E-state index contributed by atoms with van der Waals surface area (Å²) in [5.41, 5.74) is 7.72. The van der Waals surface area contributed by atoms with E-state index >= 15 is 0 Å². The van der Waals surface area contributed by atoms with Crippen molar-refractivity contribution in [3.63, 3.8) is 0 Å². The van der Waals surface area contributed by atoms with Gasteiger partial charge >= 0.3 is 0 Å². The van der Waals surface area contributed by atoms with Crippen LogP contribution in [0.3, 0.4) is 0 Å². The molecular weight excluding hydrogens is 288 g/mol. The van der Waals surface area contributed by atoms with Crippen LogP contribution in [0.1, 0.15) is 57.4 Å². The Bertz CT molecular complexity index is 585. The van der Waals surface area contributed by atoms with E-state index in [-0.39, 0.29) is 0 Å². The first-order valence-electron chi connectivity index (χ1n) is 8.54. The second kappa shape index (κ2) is 6.29. The highest BCUT2D eigenvalue weighted by molar-refractivity contribution is 7.18. The lowest BCUT2D eigenvalue weighted by atomic mass is 9.67. The number of rotatable bonds is 3. The Balaban J connectivity index is 1.75. The van der Waals surface area contributed by atoms with E-state index in [0.717, 1.165) is 18.0 Å². The van der Waals surface area contributed by atoms with Crippen molar-refractivity contribution >= 4 is 21.6 Å². The molecule has 3 rings (SSSR count). The smallest absolute Gasteiger partial charge is 0.0984 e. The molecule has 1 heterocycles. The largest absolute Gasteiger partial charge is 0.330 e. The molecule has 2 aromatic rings. The van der Waals surface area contributed by atoms with Crippen LogP contribution in [0.2, 0.25) is 0 Å². The van der Waals surface area contributed by atoms with E-state index < -0.39 is 0 Å². The van der Waals surface area contributed by atoms with Gasteiger partial charge in [0, 0.05) is 12.5 Å². The van der Waals surface area contributed by atoms with Gasteiger partial charge in [-0.05, 0) is 55.1 Å². The monoisotopic (exact) mass is 316 g/mol. The standard InChI is InChI=1S/C19H28N2S/c1-19(2,3)14-10-8-13(9-11-14)15(12-20)18-21-16-6-4-5-7-17(16)22-18/h4-7,13-15H,8-12,20H2,1-3H3. The van der Waals surface area contributed by atoms with E-state index in [0.29, 0.717) is 17.3 Å². The fourth-order valence-electron chi connectivity index (χ4n) is 3.93. The lowest BCUT2D eigenvalue weighted by molar-refractivity contribution is 0.140. The lowest BCUT2D eigenvalue weighted by Gasteiger charge is -2.38. The minimum absolute atomic E-state index is 0.443. The number of nitrogens with zero attached hydrogens (tertiary/aromatic N) is 1. The number of fused-ring (bicyclic) bond motifs is 1. The molecule has 120 valence electrons. The quantitative estimate of drug-likeness (QED) is 0.846. The number of thiazole rings is 1. The van der Waals surface area contributed by atoms with Crippen molar-refractivity contribution in [1.82, 2.24) is 4.98 Å². The number of hydrogen-bond acceptors (Lipinski definition) is 3. The van der Waals surface area contributed by atoms with E-state index in [1.54, 1.807) is 0 Å². The average molecular weight is 317 g/mol. The Labute approximate surface area is 138 Å². The van der Waals surface area contributed by atoms with Crippen molar-refractivity contribution in [3.05, 3.63) is 29.3 Å². The Morgan fingerprint density at radius 2 is 1.86 bits per heavy atom. The minimum Gasteiger partial charge on any atom is -0.330 e. The maximum Gasteiger partial charge on any atom is 0.0984 e. The summed E-state index contributed by atoms with van der Waals surface area (Å²) in [6, 6.07) is 8.44. The minimum atomic E-state index is 0.443. The van der Waals surface area contributed by atoms with Crippen LogP contribution >= 0.6 is 11.3 Å². The topological polar surface area (TPSA) is 38.9 Å². The third-order valence-corrected chi connectivity index (χ3v) is 6.62. The third kappa shape index (κ3) is 3.21. The van der Waals surface area contributed by atoms with Gasteiger partial charge in [0.25, 0.3) is 0 Å². The van der Waals surface area contributed by atoms with E-state index in [1.807, 2.05) is 11.3 Å². The molecule has 2 N–H and O–H groups in total. The Morgan fingerprint density at radius 3 is 2.45 bits per heavy atom. The molecule has 2 nitrogen and oxygen atoms in total. The summed E-state index contributed by atoms with van der Waals surface area (Å²) in [6.07, 6.45) is 5.30. The van der Waals surface area contributed by atoms with Crippen LogP contribution < -0.4 is 5.73 Å². The fourth-order valence-corrected chi connectivity index (χ4v) is 5.11. The molecule has 22 heavy (non-hydrogen) atoms. The van der Waals surface area contributed by atoms with Crippen LogP contribution in [0.4, 0.5) is 0 Å². The molecule has 1 aromatic carbocycles. The van der Waals surface area contributed by atoms with Crippen molar-refractivity contribution in [2.45, 2.75) is 52.4 Å². The predicted molar refractivity (Wildman–Crippen MR) is 96.3 cm³/mol. The Kier molecular flexibility index (Phi) is 4.56. The first-order valence-corrected chi connectivity index (χ1v) is 9.36. The maximum absolute atomic E-state index is 6.14. The van der Waals surface area contributed by atoms with Crippen molar-refractivity contribution in [2.24, 2.45) is 23.0 Å². The molecule has 0 bridgehead atoms. The first-order chi connectivity index (χ1) is 10.5. The van der Waals surface area contributed by atoms with E-state index in [9.17, 15) is 0 Å².